The number of hydrazine groups is 1. The summed E-state index contributed by atoms with van der Waals surface area (Å²) in [5, 5.41) is 26.6. The molecule has 14 heavy (non-hydrogen) atoms. The standard InChI is InChI=1S/C7H9BN2O4/c9-10-6-4(7(11)12)2-1-3-5(6)8(13)14/h1-3,10,13-14H,9H2,(H,11,12). The summed E-state index contributed by atoms with van der Waals surface area (Å²) in [6.45, 7) is 0. The molecule has 0 aliphatic carbocycles. The first-order chi connectivity index (χ1) is 6.57. The molecule has 0 unspecified atom stereocenters. The molecular formula is C7H9BN2O4. The fraction of sp³-hybridized carbons (Fsp3) is 0. The van der Waals surface area contributed by atoms with E-state index in [2.05, 4.69) is 5.43 Å². The lowest BCUT2D eigenvalue weighted by Gasteiger charge is -2.10. The first-order valence-electron chi connectivity index (χ1n) is 3.77. The van der Waals surface area contributed by atoms with Gasteiger partial charge in [0.1, 0.15) is 0 Å². The van der Waals surface area contributed by atoms with Crippen LogP contribution in [0.25, 0.3) is 0 Å². The minimum atomic E-state index is -1.76. The Morgan fingerprint density at radius 1 is 1.43 bits per heavy atom. The predicted molar refractivity (Wildman–Crippen MR) is 51.0 cm³/mol. The summed E-state index contributed by atoms with van der Waals surface area (Å²) < 4.78 is 0. The Morgan fingerprint density at radius 2 is 2.07 bits per heavy atom. The summed E-state index contributed by atoms with van der Waals surface area (Å²) in [5.41, 5.74) is 2.03. The topological polar surface area (TPSA) is 116 Å². The van der Waals surface area contributed by atoms with Gasteiger partial charge in [0.15, 0.2) is 0 Å². The van der Waals surface area contributed by atoms with Gasteiger partial charge in [-0.25, -0.2) is 4.79 Å². The molecule has 6 nitrogen and oxygen atoms in total. The molecule has 0 aromatic heterocycles. The van der Waals surface area contributed by atoms with E-state index in [9.17, 15) is 4.79 Å². The molecule has 0 saturated heterocycles. The Hall–Kier alpha value is -1.57. The van der Waals surface area contributed by atoms with Gasteiger partial charge in [-0.3, -0.25) is 5.84 Å². The van der Waals surface area contributed by atoms with E-state index in [1.54, 1.807) is 0 Å². The number of benzene rings is 1. The molecule has 1 rings (SSSR count). The maximum atomic E-state index is 10.7. The van der Waals surface area contributed by atoms with Crippen molar-refractivity contribution in [2.24, 2.45) is 5.84 Å². The number of hydrogen-bond acceptors (Lipinski definition) is 5. The van der Waals surface area contributed by atoms with Gasteiger partial charge in [-0.15, -0.1) is 0 Å². The van der Waals surface area contributed by atoms with E-state index in [4.69, 9.17) is 21.0 Å². The average molecular weight is 196 g/mol. The van der Waals surface area contributed by atoms with Crippen molar-refractivity contribution in [3.05, 3.63) is 23.8 Å². The van der Waals surface area contributed by atoms with Crippen LogP contribution in [-0.2, 0) is 0 Å². The summed E-state index contributed by atoms with van der Waals surface area (Å²) in [7, 11) is -1.76. The van der Waals surface area contributed by atoms with Crippen molar-refractivity contribution in [1.29, 1.82) is 0 Å². The van der Waals surface area contributed by atoms with E-state index in [1.165, 1.54) is 18.2 Å². The van der Waals surface area contributed by atoms with Crippen LogP contribution in [0, 0.1) is 0 Å². The Kier molecular flexibility index (Phi) is 3.08. The molecule has 74 valence electrons. The normalized spacial score (nSPS) is 9.64. The zero-order valence-corrected chi connectivity index (χ0v) is 7.14. The lowest BCUT2D eigenvalue weighted by atomic mass is 9.78. The van der Waals surface area contributed by atoms with E-state index < -0.39 is 13.1 Å². The van der Waals surface area contributed by atoms with Gasteiger partial charge in [0.2, 0.25) is 0 Å². The third kappa shape index (κ3) is 1.85. The minimum absolute atomic E-state index is 0.00463. The number of para-hydroxylation sites is 1. The molecule has 7 heteroatoms. The lowest BCUT2D eigenvalue weighted by molar-refractivity contribution is 0.0698. The minimum Gasteiger partial charge on any atom is -0.478 e. The highest BCUT2D eigenvalue weighted by molar-refractivity contribution is 6.60. The summed E-state index contributed by atoms with van der Waals surface area (Å²) in [4.78, 5) is 10.7. The summed E-state index contributed by atoms with van der Waals surface area (Å²) >= 11 is 0. The molecule has 0 spiro atoms. The van der Waals surface area contributed by atoms with E-state index >= 15 is 0 Å². The fourth-order valence-corrected chi connectivity index (χ4v) is 1.12. The van der Waals surface area contributed by atoms with Crippen molar-refractivity contribution in [2.45, 2.75) is 0 Å². The first-order valence-corrected chi connectivity index (χ1v) is 3.77. The van der Waals surface area contributed by atoms with Crippen molar-refractivity contribution >= 4 is 24.2 Å². The molecule has 0 saturated carbocycles. The highest BCUT2D eigenvalue weighted by Gasteiger charge is 2.20. The Labute approximate surface area is 80.1 Å². The van der Waals surface area contributed by atoms with Crippen LogP contribution >= 0.6 is 0 Å². The van der Waals surface area contributed by atoms with Gasteiger partial charge < -0.3 is 20.6 Å². The molecule has 1 aromatic rings. The monoisotopic (exact) mass is 196 g/mol. The number of carboxylic acid groups (broad SMARTS) is 1. The highest BCUT2D eigenvalue weighted by atomic mass is 16.4. The Balaban J connectivity index is 3.32. The second-order valence-electron chi connectivity index (χ2n) is 2.59. The number of carboxylic acids is 1. The van der Waals surface area contributed by atoms with Gasteiger partial charge in [0, 0.05) is 5.46 Å². The van der Waals surface area contributed by atoms with Crippen molar-refractivity contribution < 1.29 is 19.9 Å². The SMILES string of the molecule is NNc1c(B(O)O)cccc1C(=O)O. The van der Waals surface area contributed by atoms with Crippen molar-refractivity contribution in [2.75, 3.05) is 5.43 Å². The number of nitrogen functional groups attached to an aromatic ring is 1. The molecule has 0 radical (unpaired) electrons. The lowest BCUT2D eigenvalue weighted by Crippen LogP contribution is -2.35. The maximum Gasteiger partial charge on any atom is 0.490 e. The van der Waals surface area contributed by atoms with Crippen LogP contribution in [0.5, 0.6) is 0 Å². The summed E-state index contributed by atoms with van der Waals surface area (Å²) in [6.07, 6.45) is 0. The molecule has 6 N–H and O–H groups in total. The fourth-order valence-electron chi connectivity index (χ4n) is 1.12. The quantitative estimate of drug-likeness (QED) is 0.224. The van der Waals surface area contributed by atoms with Crippen LogP contribution in [0.4, 0.5) is 5.69 Å². The second-order valence-corrected chi connectivity index (χ2v) is 2.59. The molecule has 0 amide bonds. The van der Waals surface area contributed by atoms with E-state index in [0.29, 0.717) is 0 Å². The van der Waals surface area contributed by atoms with E-state index in [1.807, 2.05) is 0 Å². The molecule has 1 aromatic carbocycles. The number of hydrogen-bond donors (Lipinski definition) is 5. The van der Waals surface area contributed by atoms with Gasteiger partial charge in [-0.05, 0) is 6.07 Å². The van der Waals surface area contributed by atoms with Gasteiger partial charge in [0.05, 0.1) is 11.3 Å². The largest absolute Gasteiger partial charge is 0.490 e. The Morgan fingerprint density at radius 3 is 2.50 bits per heavy atom. The van der Waals surface area contributed by atoms with Crippen LogP contribution in [0.1, 0.15) is 10.4 Å². The first kappa shape index (κ1) is 10.5. The second kappa shape index (κ2) is 4.10. The summed E-state index contributed by atoms with van der Waals surface area (Å²) in [6, 6.07) is 4.08. The number of rotatable bonds is 3. The third-order valence-electron chi connectivity index (χ3n) is 1.75. The third-order valence-corrected chi connectivity index (χ3v) is 1.75. The van der Waals surface area contributed by atoms with Crippen LogP contribution in [0.15, 0.2) is 18.2 Å². The molecular weight excluding hydrogens is 187 g/mol. The number of nitrogens with one attached hydrogen (secondary N) is 1. The van der Waals surface area contributed by atoms with Gasteiger partial charge in [-0.1, -0.05) is 12.1 Å². The molecule has 0 atom stereocenters. The van der Waals surface area contributed by atoms with Crippen molar-refractivity contribution in [3.63, 3.8) is 0 Å². The number of nitrogens with two attached hydrogens (primary N) is 1. The van der Waals surface area contributed by atoms with Crippen LogP contribution in [0.2, 0.25) is 0 Å². The smallest absolute Gasteiger partial charge is 0.478 e. The van der Waals surface area contributed by atoms with Crippen LogP contribution in [0.3, 0.4) is 0 Å². The highest BCUT2D eigenvalue weighted by Crippen LogP contribution is 2.11. The summed E-state index contributed by atoms with van der Waals surface area (Å²) in [5.74, 6) is 3.90. The predicted octanol–water partition coefficient (Wildman–Crippen LogP) is -1.65. The Bertz CT molecular complexity index is 356. The van der Waals surface area contributed by atoms with Crippen LogP contribution in [-0.4, -0.2) is 28.2 Å². The van der Waals surface area contributed by atoms with Crippen molar-refractivity contribution in [3.8, 4) is 0 Å². The molecule has 0 bridgehead atoms. The molecule has 0 heterocycles. The van der Waals surface area contributed by atoms with Gasteiger partial charge in [0.25, 0.3) is 0 Å². The van der Waals surface area contributed by atoms with Gasteiger partial charge >= 0.3 is 13.1 Å². The van der Waals surface area contributed by atoms with Gasteiger partial charge in [-0.2, -0.15) is 0 Å². The zero-order valence-electron chi connectivity index (χ0n) is 7.14. The number of aromatic carboxylic acids is 1. The van der Waals surface area contributed by atoms with E-state index in [-0.39, 0.29) is 16.7 Å². The van der Waals surface area contributed by atoms with Crippen LogP contribution < -0.4 is 16.7 Å². The zero-order chi connectivity index (χ0) is 10.7. The maximum absolute atomic E-state index is 10.7. The van der Waals surface area contributed by atoms with E-state index in [0.717, 1.165) is 0 Å². The molecule has 0 fully saturated rings. The average Bonchev–Trinajstić information content (AvgIpc) is 2.16. The number of anilines is 1. The molecule has 0 aliphatic heterocycles. The number of carbonyl (C=O) groups is 1. The van der Waals surface area contributed by atoms with Crippen molar-refractivity contribution in [1.82, 2.24) is 0 Å². The molecule has 0 aliphatic rings.